The largest absolute Gasteiger partial charge is 0.481 e. The maximum Gasteiger partial charge on any atom is 0.337 e. The minimum atomic E-state index is -0.823. The van der Waals surface area contributed by atoms with Gasteiger partial charge < -0.3 is 14.8 Å². The lowest BCUT2D eigenvalue weighted by atomic mass is 10.1. The van der Waals surface area contributed by atoms with Gasteiger partial charge in [0.1, 0.15) is 0 Å². The molecular formula is C16H18N2O5S. The van der Waals surface area contributed by atoms with Gasteiger partial charge in [-0.15, -0.1) is 0 Å². The molecule has 128 valence electrons. The highest BCUT2D eigenvalue weighted by Crippen LogP contribution is 2.12. The number of methoxy groups -OCH3 is 1. The lowest BCUT2D eigenvalue weighted by molar-refractivity contribution is -0.137. The summed E-state index contributed by atoms with van der Waals surface area (Å²) in [5.41, 5.74) is 0.583. The molecule has 0 amide bonds. The van der Waals surface area contributed by atoms with Crippen molar-refractivity contribution in [3.63, 3.8) is 0 Å². The second-order valence-electron chi connectivity index (χ2n) is 5.34. The van der Waals surface area contributed by atoms with Crippen LogP contribution in [0.1, 0.15) is 36.0 Å². The van der Waals surface area contributed by atoms with Crippen molar-refractivity contribution in [2.45, 2.75) is 32.2 Å². The number of hydrogen-bond donors (Lipinski definition) is 2. The van der Waals surface area contributed by atoms with E-state index in [0.717, 1.165) is 0 Å². The fourth-order valence-corrected chi connectivity index (χ4v) is 2.71. The Hall–Kier alpha value is -2.48. The molecule has 2 rings (SSSR count). The van der Waals surface area contributed by atoms with E-state index in [1.54, 1.807) is 6.07 Å². The summed E-state index contributed by atoms with van der Waals surface area (Å²) in [4.78, 5) is 37.5. The van der Waals surface area contributed by atoms with Crippen LogP contribution in [0, 0.1) is 4.77 Å². The number of ether oxygens (including phenoxy) is 1. The quantitative estimate of drug-likeness (QED) is 0.452. The van der Waals surface area contributed by atoms with Gasteiger partial charge in [-0.1, -0.05) is 6.42 Å². The third-order valence-electron chi connectivity index (χ3n) is 3.68. The number of aliphatic carboxylic acids is 1. The van der Waals surface area contributed by atoms with Crippen molar-refractivity contribution >= 4 is 35.1 Å². The molecule has 0 saturated heterocycles. The number of aromatic amines is 1. The van der Waals surface area contributed by atoms with E-state index >= 15 is 0 Å². The van der Waals surface area contributed by atoms with Crippen molar-refractivity contribution in [1.29, 1.82) is 0 Å². The van der Waals surface area contributed by atoms with Gasteiger partial charge in [-0.2, -0.15) is 0 Å². The number of carbonyl (C=O) groups excluding carboxylic acids is 1. The third-order valence-corrected chi connectivity index (χ3v) is 4.00. The second-order valence-corrected chi connectivity index (χ2v) is 5.73. The Morgan fingerprint density at radius 3 is 2.71 bits per heavy atom. The van der Waals surface area contributed by atoms with E-state index in [4.69, 9.17) is 17.3 Å². The molecule has 2 aromatic rings. The molecule has 0 unspecified atom stereocenters. The van der Waals surface area contributed by atoms with E-state index in [1.165, 1.54) is 23.8 Å². The van der Waals surface area contributed by atoms with Gasteiger partial charge in [0.05, 0.1) is 23.6 Å². The van der Waals surface area contributed by atoms with Gasteiger partial charge in [-0.25, -0.2) is 4.79 Å². The average molecular weight is 350 g/mol. The van der Waals surface area contributed by atoms with Gasteiger partial charge in [0, 0.05) is 13.0 Å². The number of H-pyrrole nitrogens is 1. The molecule has 0 atom stereocenters. The highest BCUT2D eigenvalue weighted by atomic mass is 32.1. The van der Waals surface area contributed by atoms with Crippen molar-refractivity contribution in [2.75, 3.05) is 7.11 Å². The van der Waals surface area contributed by atoms with E-state index in [9.17, 15) is 14.4 Å². The Bertz CT molecular complexity index is 884. The smallest absolute Gasteiger partial charge is 0.337 e. The monoisotopic (exact) mass is 350 g/mol. The minimum Gasteiger partial charge on any atom is -0.481 e. The summed E-state index contributed by atoms with van der Waals surface area (Å²) >= 11 is 5.22. The number of benzene rings is 1. The maximum absolute atomic E-state index is 12.5. The van der Waals surface area contributed by atoms with Gasteiger partial charge in [0.15, 0.2) is 4.77 Å². The van der Waals surface area contributed by atoms with Crippen LogP contribution in [-0.4, -0.2) is 33.7 Å². The number of carboxylic acids is 1. The molecule has 24 heavy (non-hydrogen) atoms. The summed E-state index contributed by atoms with van der Waals surface area (Å²) in [5.74, 6) is -1.31. The number of carboxylic acid groups (broad SMARTS) is 1. The molecule has 1 aromatic carbocycles. The summed E-state index contributed by atoms with van der Waals surface area (Å²) in [6.07, 6.45) is 2.05. The molecule has 1 aromatic heterocycles. The number of hydrogen-bond acceptors (Lipinski definition) is 5. The van der Waals surface area contributed by atoms with E-state index in [1.807, 2.05) is 0 Å². The highest BCUT2D eigenvalue weighted by Gasteiger charge is 2.10. The lowest BCUT2D eigenvalue weighted by Crippen LogP contribution is -2.22. The van der Waals surface area contributed by atoms with Crippen LogP contribution in [0.2, 0.25) is 0 Å². The number of nitrogens with zero attached hydrogens (tertiary/aromatic N) is 1. The van der Waals surface area contributed by atoms with Crippen molar-refractivity contribution < 1.29 is 19.4 Å². The summed E-state index contributed by atoms with van der Waals surface area (Å²) in [5, 5.41) is 9.04. The number of unbranched alkanes of at least 4 members (excludes halogenated alkanes) is 2. The molecule has 0 aliphatic heterocycles. The Morgan fingerprint density at radius 1 is 1.29 bits per heavy atom. The summed E-state index contributed by atoms with van der Waals surface area (Å²) in [6, 6.07) is 4.63. The molecule has 1 heterocycles. The summed E-state index contributed by atoms with van der Waals surface area (Å²) in [6.45, 7) is 0.419. The molecule has 0 fully saturated rings. The van der Waals surface area contributed by atoms with Gasteiger partial charge in [-0.05, 0) is 43.3 Å². The van der Waals surface area contributed by atoms with Crippen LogP contribution in [-0.2, 0) is 16.1 Å². The number of aromatic nitrogens is 2. The van der Waals surface area contributed by atoms with E-state index in [0.29, 0.717) is 42.3 Å². The number of nitrogens with one attached hydrogen (secondary N) is 1. The highest BCUT2D eigenvalue weighted by molar-refractivity contribution is 7.71. The molecule has 8 heteroatoms. The second kappa shape index (κ2) is 7.87. The summed E-state index contributed by atoms with van der Waals surface area (Å²) in [7, 11) is 1.29. The average Bonchev–Trinajstić information content (AvgIpc) is 2.55. The van der Waals surface area contributed by atoms with Gasteiger partial charge in [-0.3, -0.25) is 14.2 Å². The topological polar surface area (TPSA) is 101 Å². The Labute approximate surface area is 142 Å². The molecule has 2 N–H and O–H groups in total. The van der Waals surface area contributed by atoms with Crippen molar-refractivity contribution in [1.82, 2.24) is 9.55 Å². The van der Waals surface area contributed by atoms with E-state index in [-0.39, 0.29) is 16.8 Å². The SMILES string of the molecule is COC(=O)c1ccc2c(=O)n(CCCCCC(=O)O)c(=S)[nH]c2c1. The van der Waals surface area contributed by atoms with Crippen LogP contribution < -0.4 is 5.56 Å². The fourth-order valence-electron chi connectivity index (χ4n) is 2.43. The van der Waals surface area contributed by atoms with Crippen LogP contribution in [0.25, 0.3) is 10.9 Å². The first kappa shape index (κ1) is 17.9. The predicted molar refractivity (Wildman–Crippen MR) is 90.8 cm³/mol. The van der Waals surface area contributed by atoms with Crippen LogP contribution in [0.5, 0.6) is 0 Å². The first-order valence-corrected chi connectivity index (χ1v) is 7.92. The predicted octanol–water partition coefficient (Wildman–Crippen LogP) is 2.49. The van der Waals surface area contributed by atoms with Crippen LogP contribution in [0.4, 0.5) is 0 Å². The van der Waals surface area contributed by atoms with Gasteiger partial charge in [0.2, 0.25) is 0 Å². The Balaban J connectivity index is 2.23. The summed E-state index contributed by atoms with van der Waals surface area (Å²) < 4.78 is 6.38. The molecule has 0 aliphatic carbocycles. The molecule has 0 aliphatic rings. The molecule has 0 saturated carbocycles. The zero-order valence-electron chi connectivity index (χ0n) is 13.2. The number of esters is 1. The zero-order chi connectivity index (χ0) is 17.7. The lowest BCUT2D eigenvalue weighted by Gasteiger charge is -2.08. The molecular weight excluding hydrogens is 332 g/mol. The molecule has 0 spiro atoms. The number of carbonyl (C=O) groups is 2. The fraction of sp³-hybridized carbons (Fsp3) is 0.375. The van der Waals surface area contributed by atoms with E-state index < -0.39 is 11.9 Å². The van der Waals surface area contributed by atoms with Crippen LogP contribution >= 0.6 is 12.2 Å². The minimum absolute atomic E-state index is 0.121. The third kappa shape index (κ3) is 4.08. The Morgan fingerprint density at radius 2 is 2.04 bits per heavy atom. The maximum atomic E-state index is 12.5. The van der Waals surface area contributed by atoms with Crippen molar-refractivity contribution in [2.24, 2.45) is 0 Å². The molecule has 7 nitrogen and oxygen atoms in total. The standard InChI is InChI=1S/C16H18N2O5S/c1-23-15(22)10-6-7-11-12(9-10)17-16(24)18(14(11)21)8-4-2-3-5-13(19)20/h6-7,9H,2-5,8H2,1H3,(H,17,24)(H,19,20). The Kier molecular flexibility index (Phi) is 5.86. The zero-order valence-corrected chi connectivity index (χ0v) is 14.0. The van der Waals surface area contributed by atoms with Gasteiger partial charge in [0.25, 0.3) is 5.56 Å². The van der Waals surface area contributed by atoms with Crippen LogP contribution in [0.15, 0.2) is 23.0 Å². The van der Waals surface area contributed by atoms with Crippen molar-refractivity contribution in [3.05, 3.63) is 38.9 Å². The molecule has 0 bridgehead atoms. The first-order chi connectivity index (χ1) is 11.4. The normalized spacial score (nSPS) is 10.7. The molecule has 0 radical (unpaired) electrons. The van der Waals surface area contributed by atoms with Crippen LogP contribution in [0.3, 0.4) is 0 Å². The van der Waals surface area contributed by atoms with Gasteiger partial charge >= 0.3 is 11.9 Å². The first-order valence-electron chi connectivity index (χ1n) is 7.51. The number of fused-ring (bicyclic) bond motifs is 1. The number of rotatable bonds is 7. The van der Waals surface area contributed by atoms with E-state index in [2.05, 4.69) is 9.72 Å². The van der Waals surface area contributed by atoms with Crippen molar-refractivity contribution in [3.8, 4) is 0 Å².